The number of sulfone groups is 1. The number of carbonyl (C=O) groups is 1. The Kier molecular flexibility index (Phi) is 4.88. The van der Waals surface area contributed by atoms with Gasteiger partial charge in [0, 0.05) is 30.5 Å². The van der Waals surface area contributed by atoms with Crippen molar-refractivity contribution in [2.45, 2.75) is 25.1 Å². The molecular weight excluding hydrogens is 283 g/mol. The highest BCUT2D eigenvalue weighted by molar-refractivity contribution is 7.92. The van der Waals surface area contributed by atoms with E-state index in [2.05, 4.69) is 5.32 Å². The first-order valence-electron chi connectivity index (χ1n) is 6.03. The molecule has 0 aliphatic carbocycles. The van der Waals surface area contributed by atoms with Gasteiger partial charge in [0.15, 0.2) is 9.84 Å². The molecule has 1 rings (SSSR count). The van der Waals surface area contributed by atoms with E-state index in [0.717, 1.165) is 6.26 Å². The molecule has 0 radical (unpaired) electrons. The Balaban J connectivity index is 2.76. The Bertz CT molecular complexity index is 612. The van der Waals surface area contributed by atoms with Gasteiger partial charge in [0.1, 0.15) is 5.82 Å². The normalized spacial score (nSPS) is 12.4. The van der Waals surface area contributed by atoms with E-state index >= 15 is 0 Å². The summed E-state index contributed by atoms with van der Waals surface area (Å²) in [6.45, 7) is 3.47. The second-order valence-corrected chi connectivity index (χ2v) is 7.96. The van der Waals surface area contributed by atoms with Crippen molar-refractivity contribution in [2.75, 3.05) is 12.8 Å². The molecule has 0 fully saturated rings. The quantitative estimate of drug-likeness (QED) is 0.815. The van der Waals surface area contributed by atoms with Crippen LogP contribution in [0.15, 0.2) is 18.2 Å². The fraction of sp³-hybridized carbons (Fsp3) is 0.462. The van der Waals surface area contributed by atoms with Crippen LogP contribution in [-0.4, -0.2) is 31.9 Å². The summed E-state index contributed by atoms with van der Waals surface area (Å²) in [6.07, 6.45) is 1.16. The summed E-state index contributed by atoms with van der Waals surface area (Å²) in [4.78, 5) is 11.0. The average Bonchev–Trinajstić information content (AvgIpc) is 2.29. The van der Waals surface area contributed by atoms with Crippen LogP contribution in [0.2, 0.25) is 0 Å². The van der Waals surface area contributed by atoms with E-state index in [1.54, 1.807) is 13.8 Å². The number of halogens is 1. The smallest absolute Gasteiger partial charge is 0.248 e. The first kappa shape index (κ1) is 16.6. The van der Waals surface area contributed by atoms with E-state index < -0.39 is 26.3 Å². The molecule has 0 aliphatic heterocycles. The number of nitrogens with one attached hydrogen (secondary N) is 1. The molecule has 0 spiro atoms. The fourth-order valence-corrected chi connectivity index (χ4v) is 1.86. The fourth-order valence-electron chi connectivity index (χ4n) is 1.49. The molecule has 20 heavy (non-hydrogen) atoms. The van der Waals surface area contributed by atoms with Gasteiger partial charge in [0.2, 0.25) is 5.91 Å². The third-order valence-corrected chi connectivity index (χ3v) is 5.35. The van der Waals surface area contributed by atoms with Crippen molar-refractivity contribution in [3.63, 3.8) is 0 Å². The Morgan fingerprint density at radius 2 is 2.00 bits per heavy atom. The number of primary amides is 1. The Labute approximate surface area is 118 Å². The van der Waals surface area contributed by atoms with Gasteiger partial charge >= 0.3 is 0 Å². The minimum atomic E-state index is -3.22. The maximum Gasteiger partial charge on any atom is 0.248 e. The minimum absolute atomic E-state index is 0.117. The van der Waals surface area contributed by atoms with Crippen molar-refractivity contribution in [3.05, 3.63) is 35.1 Å². The summed E-state index contributed by atoms with van der Waals surface area (Å²) < 4.78 is 35.7. The molecule has 0 unspecified atom stereocenters. The molecule has 112 valence electrons. The monoisotopic (exact) mass is 302 g/mol. The molecule has 0 saturated heterocycles. The molecule has 1 amide bonds. The number of hydrogen-bond acceptors (Lipinski definition) is 4. The van der Waals surface area contributed by atoms with Gasteiger partial charge in [-0.15, -0.1) is 0 Å². The number of amides is 1. The third kappa shape index (κ3) is 4.01. The molecule has 1 aromatic carbocycles. The second-order valence-electron chi connectivity index (χ2n) is 5.31. The van der Waals surface area contributed by atoms with Gasteiger partial charge in [-0.1, -0.05) is 0 Å². The molecule has 0 saturated carbocycles. The number of carbonyl (C=O) groups excluding carboxylic acids is 1. The van der Waals surface area contributed by atoms with Gasteiger partial charge in [-0.25, -0.2) is 12.8 Å². The Morgan fingerprint density at radius 1 is 1.40 bits per heavy atom. The van der Waals surface area contributed by atoms with Crippen LogP contribution >= 0.6 is 0 Å². The highest BCUT2D eigenvalue weighted by atomic mass is 32.2. The zero-order valence-electron chi connectivity index (χ0n) is 11.7. The summed E-state index contributed by atoms with van der Waals surface area (Å²) in [5.74, 6) is -1.11. The molecule has 1 aromatic rings. The van der Waals surface area contributed by atoms with Crippen LogP contribution in [0.5, 0.6) is 0 Å². The van der Waals surface area contributed by atoms with Crippen LogP contribution < -0.4 is 11.1 Å². The molecule has 0 atom stereocenters. The molecule has 0 bridgehead atoms. The predicted molar refractivity (Wildman–Crippen MR) is 75.5 cm³/mol. The van der Waals surface area contributed by atoms with Gasteiger partial charge < -0.3 is 11.1 Å². The van der Waals surface area contributed by atoms with Crippen LogP contribution in [0, 0.1) is 5.82 Å². The first-order chi connectivity index (χ1) is 9.04. The summed E-state index contributed by atoms with van der Waals surface area (Å²) in [7, 11) is -3.22. The highest BCUT2D eigenvalue weighted by Crippen LogP contribution is 2.15. The Hall–Kier alpha value is -1.47. The molecule has 5 nitrogen and oxygen atoms in total. The standard InChI is InChI=1S/C13H19FN2O3S/c1-13(2,20(3,18)19)8-16-7-10-6-9(12(15)17)4-5-11(10)14/h4-6,16H,7-8H2,1-3H3,(H2,15,17). The van der Waals surface area contributed by atoms with Crippen LogP contribution in [0.25, 0.3) is 0 Å². The topological polar surface area (TPSA) is 89.3 Å². The highest BCUT2D eigenvalue weighted by Gasteiger charge is 2.29. The number of rotatable bonds is 6. The maximum atomic E-state index is 13.6. The zero-order valence-corrected chi connectivity index (χ0v) is 12.6. The third-order valence-electron chi connectivity index (χ3n) is 3.20. The van der Waals surface area contributed by atoms with Crippen molar-refractivity contribution >= 4 is 15.7 Å². The lowest BCUT2D eigenvalue weighted by Gasteiger charge is -2.23. The van der Waals surface area contributed by atoms with Crippen LogP contribution in [0.3, 0.4) is 0 Å². The summed E-state index contributed by atoms with van der Waals surface area (Å²) >= 11 is 0. The van der Waals surface area contributed by atoms with Crippen molar-refractivity contribution < 1.29 is 17.6 Å². The van der Waals surface area contributed by atoms with Crippen LogP contribution in [-0.2, 0) is 16.4 Å². The molecule has 0 heterocycles. The lowest BCUT2D eigenvalue weighted by atomic mass is 10.1. The predicted octanol–water partition coefficient (Wildman–Crippen LogP) is 0.837. The lowest BCUT2D eigenvalue weighted by Crippen LogP contribution is -2.41. The van der Waals surface area contributed by atoms with Crippen molar-refractivity contribution in [2.24, 2.45) is 5.73 Å². The molecule has 7 heteroatoms. The molecule has 0 aromatic heterocycles. The number of hydrogen-bond donors (Lipinski definition) is 2. The summed E-state index contributed by atoms with van der Waals surface area (Å²) in [5.41, 5.74) is 5.61. The first-order valence-corrected chi connectivity index (χ1v) is 7.92. The molecule has 0 aliphatic rings. The number of benzene rings is 1. The van der Waals surface area contributed by atoms with E-state index in [4.69, 9.17) is 5.73 Å². The van der Waals surface area contributed by atoms with Crippen molar-refractivity contribution in [1.29, 1.82) is 0 Å². The maximum absolute atomic E-state index is 13.6. The zero-order chi connectivity index (χ0) is 15.6. The van der Waals surface area contributed by atoms with Crippen molar-refractivity contribution in [3.8, 4) is 0 Å². The van der Waals surface area contributed by atoms with Gasteiger partial charge in [-0.3, -0.25) is 4.79 Å². The van der Waals surface area contributed by atoms with Gasteiger partial charge in [0.05, 0.1) is 4.75 Å². The Morgan fingerprint density at radius 3 is 2.50 bits per heavy atom. The van der Waals surface area contributed by atoms with E-state index in [-0.39, 0.29) is 24.2 Å². The van der Waals surface area contributed by atoms with Gasteiger partial charge in [0.25, 0.3) is 0 Å². The SMILES string of the molecule is CC(C)(CNCc1cc(C(N)=O)ccc1F)S(C)(=O)=O. The van der Waals surface area contributed by atoms with E-state index in [0.29, 0.717) is 0 Å². The van der Waals surface area contributed by atoms with Gasteiger partial charge in [-0.2, -0.15) is 0 Å². The van der Waals surface area contributed by atoms with E-state index in [9.17, 15) is 17.6 Å². The molecule has 3 N–H and O–H groups in total. The van der Waals surface area contributed by atoms with Crippen LogP contribution in [0.1, 0.15) is 29.8 Å². The largest absolute Gasteiger partial charge is 0.366 e. The van der Waals surface area contributed by atoms with Crippen molar-refractivity contribution in [1.82, 2.24) is 5.32 Å². The lowest BCUT2D eigenvalue weighted by molar-refractivity contribution is 0.1000. The summed E-state index contributed by atoms with van der Waals surface area (Å²) in [6, 6.07) is 3.83. The second kappa shape index (κ2) is 5.88. The summed E-state index contributed by atoms with van der Waals surface area (Å²) in [5, 5.41) is 2.88. The van der Waals surface area contributed by atoms with Gasteiger partial charge in [-0.05, 0) is 32.0 Å². The average molecular weight is 302 g/mol. The number of nitrogens with two attached hydrogens (primary N) is 1. The van der Waals surface area contributed by atoms with Crippen LogP contribution in [0.4, 0.5) is 4.39 Å². The minimum Gasteiger partial charge on any atom is -0.366 e. The molecular formula is C13H19FN2O3S. The van der Waals surface area contributed by atoms with E-state index in [1.807, 2.05) is 0 Å². The van der Waals surface area contributed by atoms with E-state index in [1.165, 1.54) is 18.2 Å².